The molecule has 0 spiro atoms. The number of hydrogen-bond acceptors (Lipinski definition) is 4. The molecule has 0 bridgehead atoms. The van der Waals surface area contributed by atoms with Gasteiger partial charge in [-0.1, -0.05) is 32.8 Å². The van der Waals surface area contributed by atoms with Crippen LogP contribution >= 0.6 is 8.58 Å². The third kappa shape index (κ3) is 5.35. The maximum Gasteiger partial charge on any atom is 0.119 e. The van der Waals surface area contributed by atoms with Crippen LogP contribution in [-0.4, -0.2) is 36.6 Å². The molecule has 0 saturated carbocycles. The second-order valence-electron chi connectivity index (χ2n) is 4.32. The van der Waals surface area contributed by atoms with E-state index in [1.165, 1.54) is 10.6 Å². The zero-order chi connectivity index (χ0) is 14.9. The minimum atomic E-state index is 0.0220. The number of ether oxygens (including phenoxy) is 2. The molecule has 0 atom stereocenters. The summed E-state index contributed by atoms with van der Waals surface area (Å²) in [6.07, 6.45) is 0. The highest BCUT2D eigenvalue weighted by Gasteiger charge is 1.99. The third-order valence-corrected chi connectivity index (χ3v) is 3.96. The van der Waals surface area contributed by atoms with E-state index in [-0.39, 0.29) is 13.2 Å². The van der Waals surface area contributed by atoms with Gasteiger partial charge in [-0.3, -0.25) is 0 Å². The van der Waals surface area contributed by atoms with E-state index < -0.39 is 0 Å². The van der Waals surface area contributed by atoms with E-state index in [4.69, 9.17) is 19.7 Å². The minimum Gasteiger partial charge on any atom is -0.491 e. The Balaban J connectivity index is 1.91. The average Bonchev–Trinajstić information content (AvgIpc) is 2.53. The number of hydrogen-bond donors (Lipinski definition) is 2. The molecule has 0 saturated heterocycles. The van der Waals surface area contributed by atoms with Gasteiger partial charge in [0, 0.05) is 0 Å². The number of aliphatic hydroxyl groups is 2. The Kier molecular flexibility index (Phi) is 6.48. The molecule has 2 aromatic carbocycles. The molecule has 0 aromatic heterocycles. The zero-order valence-corrected chi connectivity index (χ0v) is 12.7. The molecule has 0 aliphatic rings. The van der Waals surface area contributed by atoms with Crippen molar-refractivity contribution < 1.29 is 19.7 Å². The monoisotopic (exact) mass is 306 g/mol. The first kappa shape index (κ1) is 15.8. The number of benzene rings is 2. The molecule has 2 aromatic rings. The summed E-state index contributed by atoms with van der Waals surface area (Å²) in [5, 5.41) is 19.8. The highest BCUT2D eigenvalue weighted by molar-refractivity contribution is 7.55. The molecule has 0 aliphatic carbocycles. The Morgan fingerprint density at radius 1 is 0.667 bits per heavy atom. The van der Waals surface area contributed by atoms with Crippen LogP contribution in [0.5, 0.6) is 11.5 Å². The summed E-state index contributed by atoms with van der Waals surface area (Å²) in [6.45, 7) is 0.677. The smallest absolute Gasteiger partial charge is 0.119 e. The van der Waals surface area contributed by atoms with E-state index in [0.29, 0.717) is 21.8 Å². The second kappa shape index (κ2) is 8.63. The molecule has 0 amide bonds. The fourth-order valence-electron chi connectivity index (χ4n) is 1.76. The van der Waals surface area contributed by atoms with Gasteiger partial charge in [-0.25, -0.2) is 0 Å². The van der Waals surface area contributed by atoms with Crippen LogP contribution in [0.15, 0.2) is 48.5 Å². The summed E-state index contributed by atoms with van der Waals surface area (Å²) < 4.78 is 10.7. The van der Waals surface area contributed by atoms with Gasteiger partial charge in [0.15, 0.2) is 0 Å². The second-order valence-corrected chi connectivity index (χ2v) is 5.72. The van der Waals surface area contributed by atoms with Gasteiger partial charge in [0.05, 0.1) is 13.2 Å². The quantitative estimate of drug-likeness (QED) is 0.716. The van der Waals surface area contributed by atoms with Gasteiger partial charge < -0.3 is 19.7 Å². The van der Waals surface area contributed by atoms with Crippen LogP contribution in [0, 0.1) is 0 Å². The van der Waals surface area contributed by atoms with Crippen molar-refractivity contribution in [2.75, 3.05) is 26.4 Å². The first-order chi connectivity index (χ1) is 10.3. The molecular formula is C16H19O4P. The molecule has 4 nitrogen and oxygen atoms in total. The summed E-state index contributed by atoms with van der Waals surface area (Å²) in [6, 6.07) is 15.8. The molecule has 0 aliphatic heterocycles. The maximum absolute atomic E-state index is 8.71. The van der Waals surface area contributed by atoms with Crippen LogP contribution in [0.1, 0.15) is 0 Å². The van der Waals surface area contributed by atoms with Crippen LogP contribution in [0.4, 0.5) is 0 Å². The van der Waals surface area contributed by atoms with Gasteiger partial charge >= 0.3 is 0 Å². The van der Waals surface area contributed by atoms with E-state index in [1.807, 2.05) is 48.5 Å². The fraction of sp³-hybridized carbons (Fsp3) is 0.250. The first-order valence-electron chi connectivity index (χ1n) is 6.76. The summed E-state index contributed by atoms with van der Waals surface area (Å²) >= 11 is 0. The van der Waals surface area contributed by atoms with E-state index in [0.717, 1.165) is 11.5 Å². The van der Waals surface area contributed by atoms with Crippen LogP contribution in [0.2, 0.25) is 0 Å². The van der Waals surface area contributed by atoms with Crippen LogP contribution in [0.25, 0.3) is 0 Å². The molecule has 0 fully saturated rings. The predicted octanol–water partition coefficient (Wildman–Crippen LogP) is 1.06. The standard InChI is InChI=1S/C16H19O4P/c17-9-11-19-13-1-5-15(6-2-13)21-16-7-3-14(4-8-16)20-12-10-18/h1-8,17-18,21H,9-12H2. The molecular weight excluding hydrogens is 287 g/mol. The fourth-order valence-corrected chi connectivity index (χ4v) is 2.76. The lowest BCUT2D eigenvalue weighted by Crippen LogP contribution is -2.06. The van der Waals surface area contributed by atoms with Gasteiger partial charge in [0.2, 0.25) is 0 Å². The molecule has 0 heterocycles. The van der Waals surface area contributed by atoms with Gasteiger partial charge in [0.1, 0.15) is 24.7 Å². The van der Waals surface area contributed by atoms with Gasteiger partial charge in [-0.15, -0.1) is 0 Å². The lowest BCUT2D eigenvalue weighted by Gasteiger charge is -2.07. The molecule has 0 radical (unpaired) electrons. The van der Waals surface area contributed by atoms with Crippen molar-refractivity contribution in [1.82, 2.24) is 0 Å². The molecule has 2 N–H and O–H groups in total. The van der Waals surface area contributed by atoms with Gasteiger partial charge in [0.25, 0.3) is 0 Å². The van der Waals surface area contributed by atoms with E-state index in [2.05, 4.69) is 0 Å². The van der Waals surface area contributed by atoms with Crippen LogP contribution < -0.4 is 20.1 Å². The third-order valence-electron chi connectivity index (χ3n) is 2.72. The average molecular weight is 306 g/mol. The van der Waals surface area contributed by atoms with Crippen molar-refractivity contribution in [3.05, 3.63) is 48.5 Å². The van der Waals surface area contributed by atoms with Gasteiger partial charge in [-0.2, -0.15) is 0 Å². The number of rotatable bonds is 8. The molecule has 5 heteroatoms. The molecule has 21 heavy (non-hydrogen) atoms. The Morgan fingerprint density at radius 3 is 1.38 bits per heavy atom. The summed E-state index contributed by atoms with van der Waals surface area (Å²) in [7, 11) is 0.564. The SMILES string of the molecule is OCCOc1ccc(Pc2ccc(OCCO)cc2)cc1. The van der Waals surface area contributed by atoms with Crippen molar-refractivity contribution in [1.29, 1.82) is 0 Å². The molecule has 2 rings (SSSR count). The molecule has 112 valence electrons. The largest absolute Gasteiger partial charge is 0.491 e. The van der Waals surface area contributed by atoms with Crippen molar-refractivity contribution in [3.8, 4) is 11.5 Å². The van der Waals surface area contributed by atoms with Crippen molar-refractivity contribution >= 4 is 19.2 Å². The van der Waals surface area contributed by atoms with Gasteiger partial charge in [-0.05, 0) is 34.9 Å². The normalized spacial score (nSPS) is 10.4. The van der Waals surface area contributed by atoms with Crippen LogP contribution in [-0.2, 0) is 0 Å². The lowest BCUT2D eigenvalue weighted by molar-refractivity contribution is 0.201. The topological polar surface area (TPSA) is 58.9 Å². The molecule has 0 unspecified atom stereocenters. The first-order valence-corrected chi connectivity index (χ1v) is 7.76. The van der Waals surface area contributed by atoms with Crippen molar-refractivity contribution in [3.63, 3.8) is 0 Å². The van der Waals surface area contributed by atoms with E-state index in [1.54, 1.807) is 0 Å². The summed E-state index contributed by atoms with van der Waals surface area (Å²) in [5.74, 6) is 1.54. The predicted molar refractivity (Wildman–Crippen MR) is 85.6 cm³/mol. The highest BCUT2D eigenvalue weighted by Crippen LogP contribution is 2.17. The maximum atomic E-state index is 8.71. The Labute approximate surface area is 126 Å². The highest BCUT2D eigenvalue weighted by atomic mass is 31.1. The van der Waals surface area contributed by atoms with E-state index >= 15 is 0 Å². The minimum absolute atomic E-state index is 0.0220. The zero-order valence-electron chi connectivity index (χ0n) is 11.7. The Morgan fingerprint density at radius 2 is 1.05 bits per heavy atom. The van der Waals surface area contributed by atoms with Crippen LogP contribution in [0.3, 0.4) is 0 Å². The Hall–Kier alpha value is -1.61. The lowest BCUT2D eigenvalue weighted by atomic mass is 10.3. The van der Waals surface area contributed by atoms with E-state index in [9.17, 15) is 0 Å². The summed E-state index contributed by atoms with van der Waals surface area (Å²) in [5.41, 5.74) is 0. The van der Waals surface area contributed by atoms with Crippen molar-refractivity contribution in [2.45, 2.75) is 0 Å². The summed E-state index contributed by atoms with van der Waals surface area (Å²) in [4.78, 5) is 0. The van der Waals surface area contributed by atoms with Crippen molar-refractivity contribution in [2.24, 2.45) is 0 Å². The number of aliphatic hydroxyl groups excluding tert-OH is 2. The Bertz CT molecular complexity index is 475.